The topological polar surface area (TPSA) is 21.3 Å². The van der Waals surface area contributed by atoms with Gasteiger partial charge in [0.15, 0.2) is 0 Å². The molecule has 0 radical (unpaired) electrons. The Labute approximate surface area is 121 Å². The Hall–Kier alpha value is -1.80. The summed E-state index contributed by atoms with van der Waals surface area (Å²) in [5.41, 5.74) is 4.93. The second-order valence-electron chi connectivity index (χ2n) is 5.31. The van der Waals surface area contributed by atoms with Crippen LogP contribution in [0.3, 0.4) is 0 Å². The lowest BCUT2D eigenvalue weighted by molar-refractivity contribution is 0.304. The van der Waals surface area contributed by atoms with Crippen LogP contribution < -0.4 is 10.1 Å². The summed E-state index contributed by atoms with van der Waals surface area (Å²) in [6.45, 7) is 6.96. The van der Waals surface area contributed by atoms with E-state index in [9.17, 15) is 0 Å². The molecule has 20 heavy (non-hydrogen) atoms. The molecule has 0 bridgehead atoms. The van der Waals surface area contributed by atoms with Crippen molar-refractivity contribution in [3.63, 3.8) is 0 Å². The zero-order valence-corrected chi connectivity index (χ0v) is 12.7. The van der Waals surface area contributed by atoms with Gasteiger partial charge in [0, 0.05) is 6.04 Å². The third-order valence-electron chi connectivity index (χ3n) is 3.61. The molecule has 2 nitrogen and oxygen atoms in total. The molecule has 0 fully saturated rings. The van der Waals surface area contributed by atoms with Gasteiger partial charge in [0.25, 0.3) is 0 Å². The highest BCUT2D eigenvalue weighted by molar-refractivity contribution is 5.37. The van der Waals surface area contributed by atoms with Crippen LogP contribution in [0.1, 0.15) is 35.2 Å². The molecule has 1 N–H and O–H groups in total. The third-order valence-corrected chi connectivity index (χ3v) is 3.61. The van der Waals surface area contributed by atoms with Gasteiger partial charge in [0.1, 0.15) is 12.4 Å². The van der Waals surface area contributed by atoms with E-state index in [0.717, 1.165) is 5.75 Å². The van der Waals surface area contributed by atoms with Gasteiger partial charge in [0.05, 0.1) is 0 Å². The number of aryl methyl sites for hydroxylation is 2. The monoisotopic (exact) mass is 269 g/mol. The zero-order valence-electron chi connectivity index (χ0n) is 12.7. The van der Waals surface area contributed by atoms with Crippen molar-refractivity contribution in [1.29, 1.82) is 0 Å². The minimum absolute atomic E-state index is 0.361. The first kappa shape index (κ1) is 14.6. The van der Waals surface area contributed by atoms with E-state index in [1.807, 2.05) is 7.05 Å². The Morgan fingerprint density at radius 3 is 2.55 bits per heavy atom. The van der Waals surface area contributed by atoms with Crippen molar-refractivity contribution >= 4 is 0 Å². The summed E-state index contributed by atoms with van der Waals surface area (Å²) in [5, 5.41) is 3.25. The van der Waals surface area contributed by atoms with Crippen molar-refractivity contribution in [2.45, 2.75) is 33.4 Å². The van der Waals surface area contributed by atoms with Crippen LogP contribution in [0.5, 0.6) is 5.75 Å². The van der Waals surface area contributed by atoms with Gasteiger partial charge >= 0.3 is 0 Å². The van der Waals surface area contributed by atoms with E-state index in [4.69, 9.17) is 4.74 Å². The standard InChI is InChI=1S/C18H23NO/c1-13-6-5-7-16(10-13)12-20-18-9-8-17(11-14(18)2)15(3)19-4/h5-11,15,19H,12H2,1-4H3. The average Bonchev–Trinajstić information content (AvgIpc) is 2.45. The van der Waals surface area contributed by atoms with Crippen LogP contribution in [0, 0.1) is 13.8 Å². The SMILES string of the molecule is CNC(C)c1ccc(OCc2cccc(C)c2)c(C)c1. The molecule has 0 aliphatic heterocycles. The smallest absolute Gasteiger partial charge is 0.122 e. The molecule has 0 aromatic heterocycles. The van der Waals surface area contributed by atoms with Crippen LogP contribution in [-0.2, 0) is 6.61 Å². The number of hydrogen-bond acceptors (Lipinski definition) is 2. The van der Waals surface area contributed by atoms with Crippen LogP contribution in [0.15, 0.2) is 42.5 Å². The molecule has 0 heterocycles. The summed E-state index contributed by atoms with van der Waals surface area (Å²) in [4.78, 5) is 0. The summed E-state index contributed by atoms with van der Waals surface area (Å²) < 4.78 is 5.93. The van der Waals surface area contributed by atoms with Crippen LogP contribution >= 0.6 is 0 Å². The second kappa shape index (κ2) is 6.58. The van der Waals surface area contributed by atoms with Gasteiger partial charge in [-0.25, -0.2) is 0 Å². The Bertz CT molecular complexity index is 577. The van der Waals surface area contributed by atoms with Crippen LogP contribution in [0.2, 0.25) is 0 Å². The fourth-order valence-electron chi connectivity index (χ4n) is 2.23. The fourth-order valence-corrected chi connectivity index (χ4v) is 2.23. The maximum Gasteiger partial charge on any atom is 0.122 e. The Kier molecular flexibility index (Phi) is 4.80. The fraction of sp³-hybridized carbons (Fsp3) is 0.333. The molecule has 2 aromatic rings. The van der Waals surface area contributed by atoms with E-state index < -0.39 is 0 Å². The highest BCUT2D eigenvalue weighted by Crippen LogP contribution is 2.23. The van der Waals surface area contributed by atoms with Crippen molar-refractivity contribution in [3.05, 3.63) is 64.7 Å². The number of hydrogen-bond donors (Lipinski definition) is 1. The number of nitrogens with one attached hydrogen (secondary N) is 1. The van der Waals surface area contributed by atoms with E-state index in [1.54, 1.807) is 0 Å². The maximum absolute atomic E-state index is 5.93. The molecule has 106 valence electrons. The van der Waals surface area contributed by atoms with Gasteiger partial charge in [-0.05, 0) is 50.6 Å². The number of ether oxygens (including phenoxy) is 1. The number of rotatable bonds is 5. The summed E-state index contributed by atoms with van der Waals surface area (Å²) >= 11 is 0. The average molecular weight is 269 g/mol. The van der Waals surface area contributed by atoms with Gasteiger partial charge in [-0.1, -0.05) is 42.0 Å². The quantitative estimate of drug-likeness (QED) is 0.880. The van der Waals surface area contributed by atoms with Crippen LogP contribution in [-0.4, -0.2) is 7.05 Å². The molecule has 0 saturated heterocycles. The molecule has 0 saturated carbocycles. The molecule has 2 heteroatoms. The predicted octanol–water partition coefficient (Wildman–Crippen LogP) is 4.16. The normalized spacial score (nSPS) is 12.2. The van der Waals surface area contributed by atoms with E-state index in [1.165, 1.54) is 22.3 Å². The second-order valence-corrected chi connectivity index (χ2v) is 5.31. The Morgan fingerprint density at radius 2 is 1.90 bits per heavy atom. The molecule has 2 aromatic carbocycles. The summed E-state index contributed by atoms with van der Waals surface area (Å²) in [7, 11) is 1.97. The summed E-state index contributed by atoms with van der Waals surface area (Å²) in [5.74, 6) is 0.957. The van der Waals surface area contributed by atoms with Gasteiger partial charge < -0.3 is 10.1 Å². The van der Waals surface area contributed by atoms with E-state index >= 15 is 0 Å². The van der Waals surface area contributed by atoms with Crippen molar-refractivity contribution in [3.8, 4) is 5.75 Å². The van der Waals surface area contributed by atoms with Gasteiger partial charge in [-0.15, -0.1) is 0 Å². The largest absolute Gasteiger partial charge is 0.489 e. The van der Waals surface area contributed by atoms with Crippen molar-refractivity contribution in [1.82, 2.24) is 5.32 Å². The van der Waals surface area contributed by atoms with Gasteiger partial charge in [0.2, 0.25) is 0 Å². The molecular weight excluding hydrogens is 246 g/mol. The van der Waals surface area contributed by atoms with E-state index in [-0.39, 0.29) is 0 Å². The first-order valence-electron chi connectivity index (χ1n) is 7.06. The first-order valence-corrected chi connectivity index (χ1v) is 7.06. The lowest BCUT2D eigenvalue weighted by atomic mass is 10.1. The van der Waals surface area contributed by atoms with E-state index in [2.05, 4.69) is 68.6 Å². The molecule has 1 atom stereocenters. The minimum Gasteiger partial charge on any atom is -0.489 e. The van der Waals surface area contributed by atoms with Gasteiger partial charge in [-0.3, -0.25) is 0 Å². The predicted molar refractivity (Wildman–Crippen MR) is 84.2 cm³/mol. The molecule has 2 rings (SSSR count). The maximum atomic E-state index is 5.93. The first-order chi connectivity index (χ1) is 9.60. The van der Waals surface area contributed by atoms with Crippen LogP contribution in [0.25, 0.3) is 0 Å². The van der Waals surface area contributed by atoms with Crippen molar-refractivity contribution < 1.29 is 4.74 Å². The molecule has 0 aliphatic carbocycles. The molecule has 0 spiro atoms. The highest BCUT2D eigenvalue weighted by Gasteiger charge is 2.06. The molecular formula is C18H23NO. The van der Waals surface area contributed by atoms with Crippen molar-refractivity contribution in [2.75, 3.05) is 7.05 Å². The van der Waals surface area contributed by atoms with Crippen molar-refractivity contribution in [2.24, 2.45) is 0 Å². The van der Waals surface area contributed by atoms with Gasteiger partial charge in [-0.2, -0.15) is 0 Å². The number of benzene rings is 2. The van der Waals surface area contributed by atoms with E-state index in [0.29, 0.717) is 12.6 Å². The summed E-state index contributed by atoms with van der Waals surface area (Å²) in [6, 6.07) is 15.2. The minimum atomic E-state index is 0.361. The summed E-state index contributed by atoms with van der Waals surface area (Å²) in [6.07, 6.45) is 0. The lowest BCUT2D eigenvalue weighted by Gasteiger charge is -2.14. The lowest BCUT2D eigenvalue weighted by Crippen LogP contribution is -2.12. The Morgan fingerprint density at radius 1 is 1.10 bits per heavy atom. The molecule has 1 unspecified atom stereocenters. The molecule has 0 aliphatic rings. The third kappa shape index (κ3) is 3.61. The highest BCUT2D eigenvalue weighted by atomic mass is 16.5. The zero-order chi connectivity index (χ0) is 14.5. The van der Waals surface area contributed by atoms with Crippen LogP contribution in [0.4, 0.5) is 0 Å². The Balaban J connectivity index is 2.07. The molecule has 0 amide bonds.